The Morgan fingerprint density at radius 1 is 1.09 bits per heavy atom. The van der Waals surface area contributed by atoms with Gasteiger partial charge in [-0.15, -0.1) is 0 Å². The Bertz CT molecular complexity index is 769. The maximum absolute atomic E-state index is 4.28. The first-order valence-electron chi connectivity index (χ1n) is 7.96. The second-order valence-corrected chi connectivity index (χ2v) is 6.01. The van der Waals surface area contributed by atoms with Gasteiger partial charge in [0, 0.05) is 23.2 Å². The van der Waals surface area contributed by atoms with E-state index in [0.29, 0.717) is 6.04 Å². The number of H-pyrrole nitrogens is 1. The average Bonchev–Trinajstić information content (AvgIpc) is 3.24. The molecule has 3 aromatic rings. The van der Waals surface area contributed by atoms with E-state index >= 15 is 0 Å². The third-order valence-electron chi connectivity index (χ3n) is 4.70. The van der Waals surface area contributed by atoms with E-state index in [-0.39, 0.29) is 0 Å². The molecule has 1 aliphatic rings. The summed E-state index contributed by atoms with van der Waals surface area (Å²) in [5.74, 6) is 0. The van der Waals surface area contributed by atoms with Gasteiger partial charge in [0.05, 0.1) is 5.69 Å². The number of pyridine rings is 1. The number of hydrogen-bond donors (Lipinski definition) is 1. The lowest BCUT2D eigenvalue weighted by Crippen LogP contribution is -2.23. The van der Waals surface area contributed by atoms with Crippen LogP contribution in [-0.4, -0.2) is 33.2 Å². The van der Waals surface area contributed by atoms with Crippen LogP contribution in [-0.2, 0) is 0 Å². The molecule has 4 heteroatoms. The zero-order chi connectivity index (χ0) is 14.9. The molecule has 0 bridgehead atoms. The van der Waals surface area contributed by atoms with Crippen LogP contribution >= 0.6 is 0 Å². The molecule has 1 fully saturated rings. The van der Waals surface area contributed by atoms with Crippen molar-refractivity contribution in [3.63, 3.8) is 0 Å². The fourth-order valence-corrected chi connectivity index (χ4v) is 3.34. The maximum atomic E-state index is 4.28. The van der Waals surface area contributed by atoms with E-state index in [2.05, 4.69) is 57.3 Å². The van der Waals surface area contributed by atoms with Gasteiger partial charge in [-0.1, -0.05) is 24.3 Å². The summed E-state index contributed by atoms with van der Waals surface area (Å²) in [7, 11) is 0. The van der Waals surface area contributed by atoms with Gasteiger partial charge in [0.1, 0.15) is 0 Å². The molecule has 4 rings (SSSR count). The van der Waals surface area contributed by atoms with E-state index < -0.39 is 0 Å². The third-order valence-corrected chi connectivity index (χ3v) is 4.70. The summed E-state index contributed by atoms with van der Waals surface area (Å²) in [6.45, 7) is 4.75. The number of aromatic amines is 1. The van der Waals surface area contributed by atoms with Crippen LogP contribution in [0.3, 0.4) is 0 Å². The lowest BCUT2D eigenvalue weighted by molar-refractivity contribution is 0.263. The van der Waals surface area contributed by atoms with Crippen molar-refractivity contribution < 1.29 is 0 Å². The Morgan fingerprint density at radius 2 is 1.86 bits per heavy atom. The number of rotatable bonds is 3. The number of nitrogens with one attached hydrogen (secondary N) is 1. The maximum Gasteiger partial charge on any atom is 0.181 e. The second kappa shape index (κ2) is 5.54. The highest BCUT2D eigenvalue weighted by atomic mass is 15.2. The monoisotopic (exact) mass is 292 g/mol. The van der Waals surface area contributed by atoms with Gasteiger partial charge in [0.15, 0.2) is 5.65 Å². The molecule has 2 aromatic heterocycles. The predicted octanol–water partition coefficient (Wildman–Crippen LogP) is 3.78. The van der Waals surface area contributed by atoms with Crippen LogP contribution in [0, 0.1) is 0 Å². The zero-order valence-corrected chi connectivity index (χ0v) is 12.8. The Labute approximate surface area is 130 Å². The molecule has 0 spiro atoms. The largest absolute Gasteiger partial charge is 0.297 e. The number of aromatic nitrogens is 3. The first kappa shape index (κ1) is 13.5. The fourth-order valence-electron chi connectivity index (χ4n) is 3.34. The summed E-state index contributed by atoms with van der Waals surface area (Å²) in [6, 6.07) is 13.3. The minimum absolute atomic E-state index is 0.497. The van der Waals surface area contributed by atoms with E-state index in [9.17, 15) is 0 Å². The van der Waals surface area contributed by atoms with Crippen LogP contribution in [0.15, 0.2) is 42.6 Å². The topological polar surface area (TPSA) is 44.8 Å². The van der Waals surface area contributed by atoms with Gasteiger partial charge in [-0.3, -0.25) is 10.00 Å². The van der Waals surface area contributed by atoms with E-state index in [0.717, 1.165) is 22.3 Å². The van der Waals surface area contributed by atoms with Gasteiger partial charge in [0.2, 0.25) is 0 Å². The van der Waals surface area contributed by atoms with Gasteiger partial charge in [-0.25, -0.2) is 4.98 Å². The molecule has 1 aromatic carbocycles. The molecule has 1 N–H and O–H groups in total. The minimum Gasteiger partial charge on any atom is -0.297 e. The highest BCUT2D eigenvalue weighted by Crippen LogP contribution is 2.29. The van der Waals surface area contributed by atoms with Gasteiger partial charge >= 0.3 is 0 Å². The molecule has 1 saturated heterocycles. The Balaban J connectivity index is 1.64. The smallest absolute Gasteiger partial charge is 0.181 e. The van der Waals surface area contributed by atoms with Crippen LogP contribution in [0.5, 0.6) is 0 Å². The van der Waals surface area contributed by atoms with E-state index in [4.69, 9.17) is 0 Å². The van der Waals surface area contributed by atoms with Crippen LogP contribution in [0.2, 0.25) is 0 Å². The summed E-state index contributed by atoms with van der Waals surface area (Å²) >= 11 is 0. The number of hydrogen-bond acceptors (Lipinski definition) is 3. The molecule has 1 atom stereocenters. The molecule has 0 unspecified atom stereocenters. The summed E-state index contributed by atoms with van der Waals surface area (Å²) in [6.07, 6.45) is 4.43. The van der Waals surface area contributed by atoms with Crippen LogP contribution in [0.1, 0.15) is 31.4 Å². The van der Waals surface area contributed by atoms with Gasteiger partial charge in [0.25, 0.3) is 0 Å². The molecular weight excluding hydrogens is 272 g/mol. The van der Waals surface area contributed by atoms with Crippen molar-refractivity contribution in [3.8, 4) is 11.3 Å². The molecule has 3 heterocycles. The first-order valence-corrected chi connectivity index (χ1v) is 7.96. The molecule has 4 nitrogen and oxygen atoms in total. The lowest BCUT2D eigenvalue weighted by Gasteiger charge is -2.24. The van der Waals surface area contributed by atoms with Crippen molar-refractivity contribution in [1.82, 2.24) is 20.1 Å². The van der Waals surface area contributed by atoms with Crippen LogP contribution in [0.25, 0.3) is 22.3 Å². The van der Waals surface area contributed by atoms with Gasteiger partial charge in [-0.2, -0.15) is 5.10 Å². The molecule has 0 radical (unpaired) electrons. The lowest BCUT2D eigenvalue weighted by atomic mass is 10.0. The molecule has 112 valence electrons. The normalized spacial score (nSPS) is 17.1. The van der Waals surface area contributed by atoms with Crippen molar-refractivity contribution in [1.29, 1.82) is 0 Å². The van der Waals surface area contributed by atoms with Crippen molar-refractivity contribution in [2.24, 2.45) is 0 Å². The number of benzene rings is 1. The van der Waals surface area contributed by atoms with E-state index in [1.54, 1.807) is 6.20 Å². The van der Waals surface area contributed by atoms with Gasteiger partial charge < -0.3 is 0 Å². The third kappa shape index (κ3) is 2.29. The number of likely N-dealkylation sites (tertiary alicyclic amines) is 1. The predicted molar refractivity (Wildman–Crippen MR) is 88.5 cm³/mol. The van der Waals surface area contributed by atoms with Crippen molar-refractivity contribution in [2.75, 3.05) is 13.1 Å². The van der Waals surface area contributed by atoms with E-state index in [1.165, 1.54) is 31.5 Å². The molecule has 0 amide bonds. The Morgan fingerprint density at radius 3 is 2.64 bits per heavy atom. The summed E-state index contributed by atoms with van der Waals surface area (Å²) in [5, 5.41) is 8.45. The highest BCUT2D eigenvalue weighted by molar-refractivity contribution is 5.90. The zero-order valence-electron chi connectivity index (χ0n) is 12.8. The summed E-state index contributed by atoms with van der Waals surface area (Å²) in [5.41, 5.74) is 4.36. The van der Waals surface area contributed by atoms with E-state index in [1.807, 2.05) is 6.07 Å². The molecule has 22 heavy (non-hydrogen) atoms. The first-order chi connectivity index (χ1) is 10.8. The van der Waals surface area contributed by atoms with Crippen molar-refractivity contribution in [2.45, 2.75) is 25.8 Å². The van der Waals surface area contributed by atoms with Gasteiger partial charge in [-0.05, 0) is 50.6 Å². The SMILES string of the molecule is C[C@@H](c1ccc(-c2[nH]nc3ncccc23)cc1)N1CCCC1. The molecule has 0 aliphatic carbocycles. The fraction of sp³-hybridized carbons (Fsp3) is 0.333. The summed E-state index contributed by atoms with van der Waals surface area (Å²) < 4.78 is 0. The quantitative estimate of drug-likeness (QED) is 0.799. The highest BCUT2D eigenvalue weighted by Gasteiger charge is 2.19. The number of fused-ring (bicyclic) bond motifs is 1. The molecular formula is C18H20N4. The van der Waals surface area contributed by atoms with Crippen LogP contribution < -0.4 is 0 Å². The Kier molecular flexibility index (Phi) is 3.39. The molecule has 1 aliphatic heterocycles. The number of nitrogens with zero attached hydrogens (tertiary/aromatic N) is 3. The Hall–Kier alpha value is -2.20. The average molecular weight is 292 g/mol. The second-order valence-electron chi connectivity index (χ2n) is 6.01. The van der Waals surface area contributed by atoms with Crippen molar-refractivity contribution in [3.05, 3.63) is 48.2 Å². The summed E-state index contributed by atoms with van der Waals surface area (Å²) in [4.78, 5) is 6.84. The van der Waals surface area contributed by atoms with Crippen LogP contribution in [0.4, 0.5) is 0 Å². The van der Waals surface area contributed by atoms with Crippen molar-refractivity contribution >= 4 is 11.0 Å². The minimum atomic E-state index is 0.497. The molecule has 0 saturated carbocycles. The standard InChI is InChI=1S/C18H20N4/c1-13(22-11-2-3-12-22)14-6-8-15(9-7-14)17-16-5-4-10-19-18(16)21-20-17/h4-10,13H,2-3,11-12H2,1H3,(H,19,20,21)/t13-/m0/s1.